The van der Waals surface area contributed by atoms with Crippen molar-refractivity contribution in [2.45, 2.75) is 0 Å². The van der Waals surface area contributed by atoms with E-state index in [0.29, 0.717) is 5.75 Å². The zero-order chi connectivity index (χ0) is 15.8. The topological polar surface area (TPSA) is 67.4 Å². The first-order valence-electron chi connectivity index (χ1n) is 6.32. The molecular weight excluding hydrogens is 368 g/mol. The van der Waals surface area contributed by atoms with Gasteiger partial charge in [0, 0.05) is 15.4 Å². The van der Waals surface area contributed by atoms with E-state index in [1.165, 1.54) is 17.4 Å². The molecule has 0 radical (unpaired) electrons. The molecule has 0 spiro atoms. The molecular formula is C15H13BrN2O3S. The van der Waals surface area contributed by atoms with E-state index in [1.54, 1.807) is 18.2 Å². The lowest BCUT2D eigenvalue weighted by Gasteiger charge is -2.07. The number of thiophene rings is 1. The number of nitrogens with one attached hydrogen (secondary N) is 2. The van der Waals surface area contributed by atoms with E-state index >= 15 is 0 Å². The van der Waals surface area contributed by atoms with Crippen molar-refractivity contribution < 1.29 is 14.3 Å². The molecule has 5 nitrogen and oxygen atoms in total. The molecule has 2 amide bonds. The predicted octanol–water partition coefficient (Wildman–Crippen LogP) is 2.75. The zero-order valence-corrected chi connectivity index (χ0v) is 13.8. The largest absolute Gasteiger partial charge is 0.484 e. The number of amides is 2. The second kappa shape index (κ2) is 8.35. The monoisotopic (exact) mass is 380 g/mol. The molecule has 0 fully saturated rings. The summed E-state index contributed by atoms with van der Waals surface area (Å²) in [4.78, 5) is 24.0. The lowest BCUT2D eigenvalue weighted by Crippen LogP contribution is -2.43. The van der Waals surface area contributed by atoms with E-state index in [0.717, 1.165) is 9.35 Å². The third kappa shape index (κ3) is 5.71. The highest BCUT2D eigenvalue weighted by Crippen LogP contribution is 2.15. The number of hydrazine groups is 1. The van der Waals surface area contributed by atoms with Gasteiger partial charge in [-0.05, 0) is 41.8 Å². The summed E-state index contributed by atoms with van der Waals surface area (Å²) < 4.78 is 6.20. The third-order valence-corrected chi connectivity index (χ3v) is 3.82. The van der Waals surface area contributed by atoms with E-state index in [2.05, 4.69) is 26.8 Å². The highest BCUT2D eigenvalue weighted by Gasteiger charge is 2.03. The van der Waals surface area contributed by atoms with Crippen LogP contribution in [-0.4, -0.2) is 18.4 Å². The molecule has 1 aromatic carbocycles. The molecule has 0 aliphatic carbocycles. The summed E-state index contributed by atoms with van der Waals surface area (Å²) in [6.07, 6.45) is 3.02. The van der Waals surface area contributed by atoms with Gasteiger partial charge in [-0.3, -0.25) is 20.4 Å². The average Bonchev–Trinajstić information content (AvgIpc) is 3.04. The van der Waals surface area contributed by atoms with Gasteiger partial charge in [0.05, 0.1) is 0 Å². The van der Waals surface area contributed by atoms with Gasteiger partial charge in [0.15, 0.2) is 6.61 Å². The number of hydrogen-bond acceptors (Lipinski definition) is 4. The number of ether oxygens (including phenoxy) is 1. The zero-order valence-electron chi connectivity index (χ0n) is 11.4. The molecule has 0 atom stereocenters. The fourth-order valence-electron chi connectivity index (χ4n) is 1.43. The minimum absolute atomic E-state index is 0.184. The van der Waals surface area contributed by atoms with Crippen molar-refractivity contribution in [3.63, 3.8) is 0 Å². The van der Waals surface area contributed by atoms with Crippen molar-refractivity contribution in [3.8, 4) is 5.75 Å². The van der Waals surface area contributed by atoms with Crippen molar-refractivity contribution in [1.82, 2.24) is 10.9 Å². The standard InChI is InChI=1S/C15H13BrN2O3S/c16-11-3-5-12(6-4-11)21-10-15(20)18-17-14(19)8-7-13-2-1-9-22-13/h1-9H,10H2,(H,17,19)(H,18,20). The molecule has 2 N–H and O–H groups in total. The second-order valence-electron chi connectivity index (χ2n) is 4.13. The lowest BCUT2D eigenvalue weighted by molar-refractivity contribution is -0.128. The van der Waals surface area contributed by atoms with Crippen molar-refractivity contribution in [3.05, 3.63) is 57.2 Å². The number of carbonyl (C=O) groups excluding carboxylic acids is 2. The summed E-state index contributed by atoms with van der Waals surface area (Å²) in [5, 5.41) is 1.92. The summed E-state index contributed by atoms with van der Waals surface area (Å²) in [5.41, 5.74) is 4.56. The van der Waals surface area contributed by atoms with Gasteiger partial charge in [-0.1, -0.05) is 22.0 Å². The number of rotatable bonds is 5. The van der Waals surface area contributed by atoms with Gasteiger partial charge in [0.25, 0.3) is 11.8 Å². The van der Waals surface area contributed by atoms with Crippen LogP contribution in [0.3, 0.4) is 0 Å². The normalized spacial score (nSPS) is 10.4. The maximum Gasteiger partial charge on any atom is 0.276 e. The minimum atomic E-state index is -0.444. The molecule has 0 bridgehead atoms. The summed E-state index contributed by atoms with van der Waals surface area (Å²) in [5.74, 6) is -0.284. The van der Waals surface area contributed by atoms with E-state index < -0.39 is 11.8 Å². The molecule has 114 valence electrons. The third-order valence-electron chi connectivity index (χ3n) is 2.45. The molecule has 0 aliphatic rings. The van der Waals surface area contributed by atoms with Gasteiger partial charge in [0.2, 0.25) is 0 Å². The van der Waals surface area contributed by atoms with Crippen LogP contribution in [0.1, 0.15) is 4.88 Å². The summed E-state index contributed by atoms with van der Waals surface area (Å²) in [6.45, 7) is -0.184. The second-order valence-corrected chi connectivity index (χ2v) is 6.02. The Labute approximate surface area is 140 Å². The van der Waals surface area contributed by atoms with Crippen LogP contribution in [0.25, 0.3) is 6.08 Å². The van der Waals surface area contributed by atoms with Crippen LogP contribution in [0.4, 0.5) is 0 Å². The Hall–Kier alpha value is -2.12. The first kappa shape index (κ1) is 16.3. The maximum atomic E-state index is 11.5. The van der Waals surface area contributed by atoms with Gasteiger partial charge in [0.1, 0.15) is 5.75 Å². The van der Waals surface area contributed by atoms with Crippen molar-refractivity contribution in [2.24, 2.45) is 0 Å². The van der Waals surface area contributed by atoms with E-state index in [1.807, 2.05) is 29.6 Å². The van der Waals surface area contributed by atoms with E-state index in [4.69, 9.17) is 4.74 Å². The van der Waals surface area contributed by atoms with Crippen LogP contribution in [0.2, 0.25) is 0 Å². The Kier molecular flexibility index (Phi) is 6.17. The van der Waals surface area contributed by atoms with Gasteiger partial charge >= 0.3 is 0 Å². The van der Waals surface area contributed by atoms with Crippen LogP contribution < -0.4 is 15.6 Å². The molecule has 0 saturated heterocycles. The summed E-state index contributed by atoms with van der Waals surface area (Å²) in [6, 6.07) is 10.9. The van der Waals surface area contributed by atoms with Crippen LogP contribution in [0.5, 0.6) is 5.75 Å². The average molecular weight is 381 g/mol. The number of hydrogen-bond donors (Lipinski definition) is 2. The molecule has 1 heterocycles. The van der Waals surface area contributed by atoms with Crippen molar-refractivity contribution >= 4 is 45.2 Å². The van der Waals surface area contributed by atoms with Crippen molar-refractivity contribution in [1.29, 1.82) is 0 Å². The predicted molar refractivity (Wildman–Crippen MR) is 89.3 cm³/mol. The number of halogens is 1. The van der Waals surface area contributed by atoms with Crippen LogP contribution in [0.15, 0.2) is 52.3 Å². The van der Waals surface area contributed by atoms with E-state index in [-0.39, 0.29) is 6.61 Å². The first-order valence-corrected chi connectivity index (χ1v) is 7.99. The van der Waals surface area contributed by atoms with Gasteiger partial charge in [-0.25, -0.2) is 0 Å². The Morgan fingerprint density at radius 3 is 2.64 bits per heavy atom. The Bertz CT molecular complexity index is 654. The smallest absolute Gasteiger partial charge is 0.276 e. The minimum Gasteiger partial charge on any atom is -0.484 e. The molecule has 7 heteroatoms. The maximum absolute atomic E-state index is 11.5. The van der Waals surface area contributed by atoms with Crippen LogP contribution in [-0.2, 0) is 9.59 Å². The van der Waals surface area contributed by atoms with Crippen LogP contribution >= 0.6 is 27.3 Å². The van der Waals surface area contributed by atoms with Gasteiger partial charge in [-0.2, -0.15) is 0 Å². The Balaban J connectivity index is 1.68. The number of benzene rings is 1. The molecule has 22 heavy (non-hydrogen) atoms. The SMILES string of the molecule is O=C(C=Cc1cccs1)NNC(=O)COc1ccc(Br)cc1. The van der Waals surface area contributed by atoms with Crippen molar-refractivity contribution in [2.75, 3.05) is 6.61 Å². The molecule has 0 saturated carbocycles. The molecule has 1 aromatic heterocycles. The molecule has 0 aliphatic heterocycles. The molecule has 2 rings (SSSR count). The van der Waals surface area contributed by atoms with Gasteiger partial charge in [-0.15, -0.1) is 11.3 Å². The van der Waals surface area contributed by atoms with Gasteiger partial charge < -0.3 is 4.74 Å². The number of carbonyl (C=O) groups is 2. The molecule has 0 unspecified atom stereocenters. The summed E-state index contributed by atoms with van der Waals surface area (Å²) >= 11 is 4.83. The quantitative estimate of drug-likeness (QED) is 0.618. The van der Waals surface area contributed by atoms with E-state index in [9.17, 15) is 9.59 Å². The Morgan fingerprint density at radius 2 is 1.95 bits per heavy atom. The fraction of sp³-hybridized carbons (Fsp3) is 0.0667. The highest BCUT2D eigenvalue weighted by molar-refractivity contribution is 9.10. The Morgan fingerprint density at radius 1 is 1.18 bits per heavy atom. The highest BCUT2D eigenvalue weighted by atomic mass is 79.9. The first-order chi connectivity index (χ1) is 10.6. The molecule has 2 aromatic rings. The summed E-state index contributed by atoms with van der Waals surface area (Å²) in [7, 11) is 0. The van der Waals surface area contributed by atoms with Crippen LogP contribution in [0, 0.1) is 0 Å². The lowest BCUT2D eigenvalue weighted by atomic mass is 10.3. The fourth-order valence-corrected chi connectivity index (χ4v) is 2.32.